The quantitative estimate of drug-likeness (QED) is 0.375. The third-order valence-corrected chi connectivity index (χ3v) is 3.73. The van der Waals surface area contributed by atoms with Gasteiger partial charge in [0.1, 0.15) is 5.56 Å². The molecule has 1 aromatic heterocycles. The number of allylic oxidation sites excluding steroid dienone is 2. The summed E-state index contributed by atoms with van der Waals surface area (Å²) in [6.07, 6.45) is 2.92. The first-order valence-corrected chi connectivity index (χ1v) is 7.36. The molecule has 0 fully saturated rings. The van der Waals surface area contributed by atoms with Gasteiger partial charge in [0, 0.05) is 12.6 Å². The SMILES string of the molecule is C=CCn1c(O)c(C=C(C)c2ccccc2[N+](=O)[O-])c(=O)[nH]c1=S. The predicted octanol–water partition coefficient (Wildman–Crippen LogP) is 3.27. The molecule has 0 amide bonds. The maximum absolute atomic E-state index is 12.1. The van der Waals surface area contributed by atoms with E-state index in [1.54, 1.807) is 25.1 Å². The molecule has 0 atom stereocenters. The number of nitrogens with zero attached hydrogens (tertiary/aromatic N) is 2. The van der Waals surface area contributed by atoms with Gasteiger partial charge >= 0.3 is 0 Å². The van der Waals surface area contributed by atoms with Gasteiger partial charge in [-0.15, -0.1) is 6.58 Å². The van der Waals surface area contributed by atoms with Crippen molar-refractivity contribution in [3.8, 4) is 5.88 Å². The third-order valence-electron chi connectivity index (χ3n) is 3.40. The minimum atomic E-state index is -0.573. The van der Waals surface area contributed by atoms with Crippen LogP contribution in [0.2, 0.25) is 0 Å². The molecule has 2 aromatic rings. The van der Waals surface area contributed by atoms with Crippen LogP contribution in [0.1, 0.15) is 18.1 Å². The summed E-state index contributed by atoms with van der Waals surface area (Å²) in [7, 11) is 0. The summed E-state index contributed by atoms with van der Waals surface area (Å²) in [4.78, 5) is 25.2. The van der Waals surface area contributed by atoms with E-state index in [1.165, 1.54) is 22.8 Å². The van der Waals surface area contributed by atoms with Crippen molar-refractivity contribution in [1.29, 1.82) is 0 Å². The van der Waals surface area contributed by atoms with Crippen LogP contribution < -0.4 is 5.56 Å². The fourth-order valence-electron chi connectivity index (χ4n) is 2.26. The van der Waals surface area contributed by atoms with Gasteiger partial charge in [-0.1, -0.05) is 18.2 Å². The molecule has 8 heteroatoms. The Balaban J connectivity index is 2.66. The van der Waals surface area contributed by atoms with Crippen molar-refractivity contribution in [2.24, 2.45) is 0 Å². The Morgan fingerprint density at radius 2 is 2.17 bits per heavy atom. The Labute approximate surface area is 142 Å². The number of rotatable bonds is 5. The van der Waals surface area contributed by atoms with Crippen LogP contribution in [-0.2, 0) is 6.54 Å². The molecule has 0 spiro atoms. The second kappa shape index (κ2) is 7.05. The van der Waals surface area contributed by atoms with Crippen LogP contribution in [0.3, 0.4) is 0 Å². The van der Waals surface area contributed by atoms with Gasteiger partial charge in [0.05, 0.1) is 10.5 Å². The second-order valence-corrected chi connectivity index (χ2v) is 5.38. The summed E-state index contributed by atoms with van der Waals surface area (Å²) >= 11 is 5.00. The molecule has 0 bridgehead atoms. The van der Waals surface area contributed by atoms with E-state index < -0.39 is 10.5 Å². The lowest BCUT2D eigenvalue weighted by Crippen LogP contribution is -2.16. The number of aromatic nitrogens is 2. The summed E-state index contributed by atoms with van der Waals surface area (Å²) in [5.74, 6) is -0.318. The van der Waals surface area contributed by atoms with E-state index in [9.17, 15) is 20.0 Å². The van der Waals surface area contributed by atoms with Crippen molar-refractivity contribution < 1.29 is 10.0 Å². The minimum absolute atomic E-state index is 0.0268. The molecule has 1 aromatic carbocycles. The van der Waals surface area contributed by atoms with Crippen LogP contribution in [0.5, 0.6) is 5.88 Å². The molecule has 2 N–H and O–H groups in total. The highest BCUT2D eigenvalue weighted by Gasteiger charge is 2.16. The molecule has 24 heavy (non-hydrogen) atoms. The average molecular weight is 345 g/mol. The van der Waals surface area contributed by atoms with E-state index in [0.29, 0.717) is 11.1 Å². The van der Waals surface area contributed by atoms with E-state index in [-0.39, 0.29) is 28.4 Å². The highest BCUT2D eigenvalue weighted by atomic mass is 32.1. The molecule has 2 rings (SSSR count). The van der Waals surface area contributed by atoms with Crippen LogP contribution in [0.25, 0.3) is 11.6 Å². The predicted molar refractivity (Wildman–Crippen MR) is 94.4 cm³/mol. The Morgan fingerprint density at radius 3 is 2.79 bits per heavy atom. The van der Waals surface area contributed by atoms with Gasteiger partial charge in [-0.3, -0.25) is 24.5 Å². The molecular weight excluding hydrogens is 330 g/mol. The molecule has 0 radical (unpaired) electrons. The van der Waals surface area contributed by atoms with Gasteiger partial charge in [0.25, 0.3) is 11.2 Å². The Hall–Kier alpha value is -3.00. The number of H-pyrrole nitrogens is 1. The normalized spacial score (nSPS) is 11.3. The van der Waals surface area contributed by atoms with Crippen molar-refractivity contribution >= 4 is 29.6 Å². The number of nitro benzene ring substituents is 1. The van der Waals surface area contributed by atoms with Gasteiger partial charge in [-0.05, 0) is 36.9 Å². The number of hydrogen-bond acceptors (Lipinski definition) is 5. The van der Waals surface area contributed by atoms with Crippen molar-refractivity contribution in [2.75, 3.05) is 0 Å². The number of aromatic hydroxyl groups is 1. The Kier molecular flexibility index (Phi) is 5.10. The first-order valence-electron chi connectivity index (χ1n) is 6.96. The summed E-state index contributed by atoms with van der Waals surface area (Å²) in [6, 6.07) is 6.17. The van der Waals surface area contributed by atoms with Crippen LogP contribution in [0.15, 0.2) is 41.7 Å². The number of nitro groups is 1. The number of aromatic amines is 1. The molecule has 1 heterocycles. The first kappa shape index (κ1) is 17.4. The highest BCUT2D eigenvalue weighted by molar-refractivity contribution is 7.71. The summed E-state index contributed by atoms with van der Waals surface area (Å²) in [5, 5.41) is 21.4. The van der Waals surface area contributed by atoms with Crippen molar-refractivity contribution in [1.82, 2.24) is 9.55 Å². The molecule has 0 saturated carbocycles. The monoisotopic (exact) mass is 345 g/mol. The molecule has 124 valence electrons. The largest absolute Gasteiger partial charge is 0.494 e. The third kappa shape index (κ3) is 3.33. The smallest absolute Gasteiger partial charge is 0.276 e. The van der Waals surface area contributed by atoms with E-state index in [2.05, 4.69) is 11.6 Å². The molecule has 0 aliphatic rings. The van der Waals surface area contributed by atoms with Gasteiger partial charge in [0.15, 0.2) is 4.77 Å². The molecular formula is C16H15N3O4S. The molecule has 0 saturated heterocycles. The summed E-state index contributed by atoms with van der Waals surface area (Å²) < 4.78 is 1.38. The van der Waals surface area contributed by atoms with Crippen molar-refractivity contribution in [3.05, 3.63) is 73.3 Å². The molecule has 0 aliphatic carbocycles. The average Bonchev–Trinajstić information content (AvgIpc) is 2.55. The number of hydrogen-bond donors (Lipinski definition) is 2. The maximum atomic E-state index is 12.1. The lowest BCUT2D eigenvalue weighted by Gasteiger charge is -2.10. The number of para-hydroxylation sites is 1. The zero-order valence-corrected chi connectivity index (χ0v) is 13.7. The fourth-order valence-corrected chi connectivity index (χ4v) is 2.52. The molecule has 0 unspecified atom stereocenters. The number of nitrogens with one attached hydrogen (secondary N) is 1. The van der Waals surface area contributed by atoms with Crippen LogP contribution >= 0.6 is 12.2 Å². The number of benzene rings is 1. The molecule has 0 aliphatic heterocycles. The zero-order valence-electron chi connectivity index (χ0n) is 12.9. The molecule has 7 nitrogen and oxygen atoms in total. The first-order chi connectivity index (χ1) is 11.4. The highest BCUT2D eigenvalue weighted by Crippen LogP contribution is 2.28. The van der Waals surface area contributed by atoms with Gasteiger partial charge in [-0.25, -0.2) is 0 Å². The van der Waals surface area contributed by atoms with E-state index in [4.69, 9.17) is 12.2 Å². The lowest BCUT2D eigenvalue weighted by molar-refractivity contribution is -0.385. The van der Waals surface area contributed by atoms with Gasteiger partial charge in [-0.2, -0.15) is 0 Å². The van der Waals surface area contributed by atoms with Gasteiger partial charge < -0.3 is 5.11 Å². The van der Waals surface area contributed by atoms with E-state index >= 15 is 0 Å². The minimum Gasteiger partial charge on any atom is -0.494 e. The Bertz CT molecular complexity index is 957. The topological polar surface area (TPSA) is 101 Å². The van der Waals surface area contributed by atoms with Crippen LogP contribution in [0.4, 0.5) is 5.69 Å². The second-order valence-electron chi connectivity index (χ2n) is 5.00. The summed E-state index contributed by atoms with van der Waals surface area (Å²) in [5.41, 5.74) is 0.141. The van der Waals surface area contributed by atoms with Gasteiger partial charge in [0.2, 0.25) is 5.88 Å². The standard InChI is InChI=1S/C16H15N3O4S/c1-3-8-18-15(21)12(14(20)17-16(18)24)9-10(2)11-6-4-5-7-13(11)19(22)23/h3-7,9,21H,1,8H2,2H3,(H,17,20,24). The summed E-state index contributed by atoms with van der Waals surface area (Å²) in [6.45, 7) is 5.41. The van der Waals surface area contributed by atoms with E-state index in [1.807, 2.05) is 0 Å². The zero-order chi connectivity index (χ0) is 17.9. The van der Waals surface area contributed by atoms with E-state index in [0.717, 1.165) is 0 Å². The maximum Gasteiger partial charge on any atom is 0.276 e. The lowest BCUT2D eigenvalue weighted by atomic mass is 10.0. The van der Waals surface area contributed by atoms with Crippen molar-refractivity contribution in [2.45, 2.75) is 13.5 Å². The Morgan fingerprint density at radius 1 is 1.50 bits per heavy atom. The van der Waals surface area contributed by atoms with Crippen LogP contribution in [0, 0.1) is 14.9 Å². The van der Waals surface area contributed by atoms with Crippen LogP contribution in [-0.4, -0.2) is 19.6 Å². The fraction of sp³-hybridized carbons (Fsp3) is 0.125. The van der Waals surface area contributed by atoms with Crippen molar-refractivity contribution in [3.63, 3.8) is 0 Å².